The van der Waals surface area contributed by atoms with Crippen molar-refractivity contribution in [1.29, 1.82) is 0 Å². The molecule has 5 nitrogen and oxygen atoms in total. The van der Waals surface area contributed by atoms with Crippen molar-refractivity contribution in [1.82, 2.24) is 0 Å². The van der Waals surface area contributed by atoms with Gasteiger partial charge in [-0.3, -0.25) is 4.99 Å². The molecule has 0 radical (unpaired) electrons. The third kappa shape index (κ3) is 4.31. The number of anilines is 1. The van der Waals surface area contributed by atoms with Crippen LogP contribution in [-0.2, 0) is 4.74 Å². The van der Waals surface area contributed by atoms with Gasteiger partial charge in [0.05, 0.1) is 26.9 Å². The van der Waals surface area contributed by atoms with Crippen LogP contribution in [0.25, 0.3) is 0 Å². The van der Waals surface area contributed by atoms with Gasteiger partial charge in [-0.15, -0.1) is 0 Å². The van der Waals surface area contributed by atoms with E-state index >= 15 is 0 Å². The van der Waals surface area contributed by atoms with Crippen molar-refractivity contribution in [3.8, 4) is 11.5 Å². The van der Waals surface area contributed by atoms with Gasteiger partial charge < -0.3 is 19.1 Å². The first-order valence-electron chi connectivity index (χ1n) is 8.58. The fourth-order valence-electron chi connectivity index (χ4n) is 2.81. The average molecular weight is 340 g/mol. The van der Waals surface area contributed by atoms with Gasteiger partial charge in [-0.1, -0.05) is 12.1 Å². The zero-order valence-corrected chi connectivity index (χ0v) is 14.8. The average Bonchev–Trinajstić information content (AvgIpc) is 2.68. The minimum Gasteiger partial charge on any atom is -0.496 e. The van der Waals surface area contributed by atoms with E-state index in [0.29, 0.717) is 6.61 Å². The van der Waals surface area contributed by atoms with E-state index in [2.05, 4.69) is 22.0 Å². The van der Waals surface area contributed by atoms with Gasteiger partial charge in [0.2, 0.25) is 0 Å². The maximum Gasteiger partial charge on any atom is 0.144 e. The molecule has 1 heterocycles. The van der Waals surface area contributed by atoms with Crippen molar-refractivity contribution in [3.63, 3.8) is 0 Å². The van der Waals surface area contributed by atoms with Gasteiger partial charge in [-0.2, -0.15) is 0 Å². The molecule has 0 atom stereocenters. The molecule has 0 bridgehead atoms. The van der Waals surface area contributed by atoms with E-state index in [9.17, 15) is 0 Å². The Balaban J connectivity index is 1.82. The van der Waals surface area contributed by atoms with E-state index in [0.717, 1.165) is 54.7 Å². The number of methoxy groups -OCH3 is 1. The second kappa shape index (κ2) is 8.53. The quantitative estimate of drug-likeness (QED) is 0.753. The molecule has 1 saturated heterocycles. The summed E-state index contributed by atoms with van der Waals surface area (Å²) < 4.78 is 16.6. The monoisotopic (exact) mass is 340 g/mol. The number of nitrogens with zero attached hydrogens (tertiary/aromatic N) is 2. The molecule has 0 aliphatic carbocycles. The van der Waals surface area contributed by atoms with Gasteiger partial charge in [-0.05, 0) is 31.2 Å². The highest BCUT2D eigenvalue weighted by Crippen LogP contribution is 2.29. The fourth-order valence-corrected chi connectivity index (χ4v) is 2.81. The largest absolute Gasteiger partial charge is 0.496 e. The minimum absolute atomic E-state index is 0.615. The molecule has 0 N–H and O–H groups in total. The number of hydrogen-bond acceptors (Lipinski definition) is 5. The Morgan fingerprint density at radius 3 is 2.68 bits per heavy atom. The smallest absolute Gasteiger partial charge is 0.144 e. The number of ether oxygens (including phenoxy) is 3. The molecule has 25 heavy (non-hydrogen) atoms. The molecule has 0 unspecified atom stereocenters. The minimum atomic E-state index is 0.615. The first-order chi connectivity index (χ1) is 12.3. The second-order valence-electron chi connectivity index (χ2n) is 5.68. The lowest BCUT2D eigenvalue weighted by Gasteiger charge is -2.29. The van der Waals surface area contributed by atoms with E-state index in [1.165, 1.54) is 0 Å². The van der Waals surface area contributed by atoms with Crippen molar-refractivity contribution in [2.24, 2.45) is 4.99 Å². The Hall–Kier alpha value is -2.53. The molecule has 1 aliphatic rings. The Morgan fingerprint density at radius 2 is 1.92 bits per heavy atom. The van der Waals surface area contributed by atoms with Crippen molar-refractivity contribution in [2.75, 3.05) is 44.9 Å². The van der Waals surface area contributed by atoms with Gasteiger partial charge in [0.15, 0.2) is 0 Å². The molecule has 0 spiro atoms. The topological polar surface area (TPSA) is 43.3 Å². The molecule has 0 aromatic heterocycles. The number of para-hydroxylation sites is 2. The predicted molar refractivity (Wildman–Crippen MR) is 101 cm³/mol. The number of aliphatic imine (C=N–C) groups is 1. The summed E-state index contributed by atoms with van der Waals surface area (Å²) in [6.45, 7) is 5.91. The Kier molecular flexibility index (Phi) is 5.90. The number of rotatable bonds is 6. The van der Waals surface area contributed by atoms with Gasteiger partial charge in [0.25, 0.3) is 0 Å². The lowest BCUT2D eigenvalue weighted by molar-refractivity contribution is 0.122. The van der Waals surface area contributed by atoms with Crippen LogP contribution in [0.15, 0.2) is 47.5 Å². The van der Waals surface area contributed by atoms with E-state index in [1.807, 2.05) is 43.5 Å². The summed E-state index contributed by atoms with van der Waals surface area (Å²) in [6, 6.07) is 14.0. The Labute approximate surface area is 148 Å². The number of morpholine rings is 1. The van der Waals surface area contributed by atoms with E-state index in [4.69, 9.17) is 14.2 Å². The van der Waals surface area contributed by atoms with Gasteiger partial charge in [0.1, 0.15) is 17.2 Å². The summed E-state index contributed by atoms with van der Waals surface area (Å²) in [5.41, 5.74) is 2.89. The summed E-state index contributed by atoms with van der Waals surface area (Å²) in [6.07, 6.45) is 1.82. The third-order valence-electron chi connectivity index (χ3n) is 4.10. The normalized spacial score (nSPS) is 14.7. The van der Waals surface area contributed by atoms with Crippen LogP contribution >= 0.6 is 0 Å². The second-order valence-corrected chi connectivity index (χ2v) is 5.68. The standard InChI is InChI=1S/C20H24N2O3/c1-3-25-19-7-5-4-6-18(19)21-15-16-8-9-17(14-20(16)23-2)22-10-12-24-13-11-22/h4-9,14-15H,3,10-13H2,1-2H3. The van der Waals surface area contributed by atoms with E-state index < -0.39 is 0 Å². The maximum atomic E-state index is 5.62. The predicted octanol–water partition coefficient (Wildman–Crippen LogP) is 3.68. The Bertz CT molecular complexity index is 725. The summed E-state index contributed by atoms with van der Waals surface area (Å²) >= 11 is 0. The highest BCUT2D eigenvalue weighted by molar-refractivity contribution is 5.87. The van der Waals surface area contributed by atoms with Crippen LogP contribution < -0.4 is 14.4 Å². The molecule has 132 valence electrons. The van der Waals surface area contributed by atoms with Crippen LogP contribution in [0.5, 0.6) is 11.5 Å². The molecular formula is C20H24N2O3. The van der Waals surface area contributed by atoms with Crippen LogP contribution in [0.3, 0.4) is 0 Å². The first kappa shape index (κ1) is 17.3. The van der Waals surface area contributed by atoms with Gasteiger partial charge in [-0.25, -0.2) is 0 Å². The van der Waals surface area contributed by atoms with E-state index in [-0.39, 0.29) is 0 Å². The molecule has 0 saturated carbocycles. The molecule has 1 fully saturated rings. The lowest BCUT2D eigenvalue weighted by Crippen LogP contribution is -2.36. The van der Waals surface area contributed by atoms with Gasteiger partial charge in [0, 0.05) is 36.6 Å². The van der Waals surface area contributed by atoms with Crippen molar-refractivity contribution in [3.05, 3.63) is 48.0 Å². The summed E-state index contributed by atoms with van der Waals surface area (Å²) in [5, 5.41) is 0. The summed E-state index contributed by atoms with van der Waals surface area (Å²) in [7, 11) is 1.68. The van der Waals surface area contributed by atoms with Crippen molar-refractivity contribution >= 4 is 17.6 Å². The number of hydrogen-bond donors (Lipinski definition) is 0. The number of benzene rings is 2. The fraction of sp³-hybridized carbons (Fsp3) is 0.350. The molecule has 3 rings (SSSR count). The van der Waals surface area contributed by atoms with Crippen molar-refractivity contribution in [2.45, 2.75) is 6.92 Å². The highest BCUT2D eigenvalue weighted by atomic mass is 16.5. The first-order valence-corrected chi connectivity index (χ1v) is 8.58. The van der Waals surface area contributed by atoms with Crippen LogP contribution in [0, 0.1) is 0 Å². The van der Waals surface area contributed by atoms with E-state index in [1.54, 1.807) is 7.11 Å². The van der Waals surface area contributed by atoms with Crippen LogP contribution in [0.4, 0.5) is 11.4 Å². The third-order valence-corrected chi connectivity index (χ3v) is 4.10. The highest BCUT2D eigenvalue weighted by Gasteiger charge is 2.13. The van der Waals surface area contributed by atoms with Gasteiger partial charge >= 0.3 is 0 Å². The molecule has 5 heteroatoms. The molecule has 2 aromatic carbocycles. The summed E-state index contributed by atoms with van der Waals surface area (Å²) in [5.74, 6) is 1.59. The van der Waals surface area contributed by atoms with Crippen LogP contribution in [0.1, 0.15) is 12.5 Å². The maximum absolute atomic E-state index is 5.62. The zero-order chi connectivity index (χ0) is 17.5. The molecule has 2 aromatic rings. The molecule has 1 aliphatic heterocycles. The van der Waals surface area contributed by atoms with Crippen LogP contribution in [-0.4, -0.2) is 46.2 Å². The van der Waals surface area contributed by atoms with Crippen LogP contribution in [0.2, 0.25) is 0 Å². The lowest BCUT2D eigenvalue weighted by atomic mass is 10.1. The summed E-state index contributed by atoms with van der Waals surface area (Å²) in [4.78, 5) is 6.89. The SMILES string of the molecule is CCOc1ccccc1N=Cc1ccc(N2CCOCC2)cc1OC. The molecule has 0 amide bonds. The molecular weight excluding hydrogens is 316 g/mol. The zero-order valence-electron chi connectivity index (χ0n) is 14.8. The Morgan fingerprint density at radius 1 is 1.12 bits per heavy atom. The van der Waals surface area contributed by atoms with Crippen molar-refractivity contribution < 1.29 is 14.2 Å².